The van der Waals surface area contributed by atoms with Gasteiger partial charge in [-0.25, -0.2) is 0 Å². The largest absolute Gasteiger partial charge is 0.394 e. The molecule has 3 unspecified atom stereocenters. The van der Waals surface area contributed by atoms with Crippen molar-refractivity contribution in [3.63, 3.8) is 0 Å². The van der Waals surface area contributed by atoms with Crippen molar-refractivity contribution in [2.45, 2.75) is 76.2 Å². The average Bonchev–Trinajstić information content (AvgIpc) is 2.46. The Morgan fingerprint density at radius 3 is 2.20 bits per heavy atom. The van der Waals surface area contributed by atoms with Crippen LogP contribution in [0.15, 0.2) is 0 Å². The van der Waals surface area contributed by atoms with Gasteiger partial charge in [-0.05, 0) is 6.42 Å². The maximum atomic E-state index is 9.75. The molecule has 6 nitrogen and oxygen atoms in total. The van der Waals surface area contributed by atoms with Gasteiger partial charge >= 0.3 is 0 Å². The van der Waals surface area contributed by atoms with Crippen molar-refractivity contribution in [3.05, 3.63) is 0 Å². The van der Waals surface area contributed by atoms with E-state index >= 15 is 0 Å². The first-order chi connectivity index (χ1) is 9.61. The number of ether oxygens (including phenoxy) is 2. The lowest BCUT2D eigenvalue weighted by Gasteiger charge is -2.39. The van der Waals surface area contributed by atoms with E-state index in [1.807, 2.05) is 0 Å². The van der Waals surface area contributed by atoms with Gasteiger partial charge in [-0.2, -0.15) is 0 Å². The summed E-state index contributed by atoms with van der Waals surface area (Å²) in [6.45, 7) is 2.17. The van der Waals surface area contributed by atoms with Gasteiger partial charge in [0.15, 0.2) is 6.29 Å². The third-order valence-corrected chi connectivity index (χ3v) is 3.63. The molecule has 1 saturated heterocycles. The Bertz CT molecular complexity index is 248. The zero-order valence-corrected chi connectivity index (χ0v) is 12.1. The molecular weight excluding hydrogens is 264 g/mol. The molecule has 20 heavy (non-hydrogen) atoms. The van der Waals surface area contributed by atoms with E-state index in [9.17, 15) is 15.3 Å². The standard InChI is InChI=1S/C14H28O6/c1-2-3-4-5-6-7-8-19-14-13(18)12(17)11(16)10(9-15)20-14/h10-18H,2-9H2,1H3/t10?,11-,12?,13?,14+/m1/s1. The minimum Gasteiger partial charge on any atom is -0.394 e. The Kier molecular flexibility index (Phi) is 8.60. The van der Waals surface area contributed by atoms with Crippen molar-refractivity contribution in [2.75, 3.05) is 13.2 Å². The topological polar surface area (TPSA) is 99.4 Å². The molecule has 0 bridgehead atoms. The van der Waals surface area contributed by atoms with E-state index in [4.69, 9.17) is 14.6 Å². The van der Waals surface area contributed by atoms with Crippen LogP contribution in [-0.4, -0.2) is 64.3 Å². The van der Waals surface area contributed by atoms with Crippen LogP contribution in [0.3, 0.4) is 0 Å². The second-order valence-electron chi connectivity index (χ2n) is 5.34. The van der Waals surface area contributed by atoms with Crippen molar-refractivity contribution in [1.29, 1.82) is 0 Å². The van der Waals surface area contributed by atoms with E-state index in [2.05, 4.69) is 6.92 Å². The first kappa shape index (κ1) is 17.8. The minimum absolute atomic E-state index is 0.425. The second kappa shape index (κ2) is 9.65. The molecule has 1 rings (SSSR count). The fourth-order valence-electron chi connectivity index (χ4n) is 2.29. The first-order valence-electron chi connectivity index (χ1n) is 7.54. The van der Waals surface area contributed by atoms with E-state index < -0.39 is 37.3 Å². The Labute approximate surface area is 120 Å². The lowest BCUT2D eigenvalue weighted by atomic mass is 9.99. The summed E-state index contributed by atoms with van der Waals surface area (Å²) < 4.78 is 10.6. The Morgan fingerprint density at radius 2 is 1.55 bits per heavy atom. The van der Waals surface area contributed by atoms with Gasteiger partial charge in [-0.3, -0.25) is 0 Å². The molecule has 120 valence electrons. The molecule has 0 spiro atoms. The minimum atomic E-state index is -1.37. The van der Waals surface area contributed by atoms with Crippen molar-refractivity contribution in [3.8, 4) is 0 Å². The number of aliphatic hydroxyl groups is 4. The highest BCUT2D eigenvalue weighted by Crippen LogP contribution is 2.22. The van der Waals surface area contributed by atoms with Gasteiger partial charge in [-0.1, -0.05) is 39.0 Å². The summed E-state index contributed by atoms with van der Waals surface area (Å²) in [6, 6.07) is 0. The van der Waals surface area contributed by atoms with Gasteiger partial charge in [0.25, 0.3) is 0 Å². The number of hydrogen-bond donors (Lipinski definition) is 4. The molecule has 0 aliphatic carbocycles. The predicted octanol–water partition coefficient (Wildman–Crippen LogP) is 0.163. The zero-order chi connectivity index (χ0) is 15.0. The van der Waals surface area contributed by atoms with Crippen molar-refractivity contribution < 1.29 is 29.9 Å². The highest BCUT2D eigenvalue weighted by molar-refractivity contribution is 4.88. The molecule has 1 aliphatic rings. The van der Waals surface area contributed by atoms with E-state index in [1.54, 1.807) is 0 Å². The van der Waals surface area contributed by atoms with Crippen LogP contribution in [0.2, 0.25) is 0 Å². The summed E-state index contributed by atoms with van der Waals surface area (Å²) in [5.74, 6) is 0. The van der Waals surface area contributed by atoms with E-state index in [1.165, 1.54) is 19.3 Å². The van der Waals surface area contributed by atoms with Gasteiger partial charge in [-0.15, -0.1) is 0 Å². The molecule has 0 amide bonds. The summed E-state index contributed by atoms with van der Waals surface area (Å²) in [7, 11) is 0. The molecule has 0 aromatic rings. The van der Waals surface area contributed by atoms with Crippen LogP contribution in [0.25, 0.3) is 0 Å². The van der Waals surface area contributed by atoms with Crippen molar-refractivity contribution in [2.24, 2.45) is 0 Å². The average molecular weight is 292 g/mol. The van der Waals surface area contributed by atoms with E-state index in [0.29, 0.717) is 6.61 Å². The molecule has 1 aliphatic heterocycles. The molecule has 5 atom stereocenters. The highest BCUT2D eigenvalue weighted by Gasteiger charge is 2.43. The smallest absolute Gasteiger partial charge is 0.186 e. The summed E-state index contributed by atoms with van der Waals surface area (Å²) in [5, 5.41) is 38.0. The van der Waals surface area contributed by atoms with E-state index in [0.717, 1.165) is 19.3 Å². The van der Waals surface area contributed by atoms with E-state index in [-0.39, 0.29) is 0 Å². The van der Waals surface area contributed by atoms with Crippen LogP contribution in [-0.2, 0) is 9.47 Å². The zero-order valence-electron chi connectivity index (χ0n) is 12.1. The molecule has 1 heterocycles. The molecule has 0 aromatic carbocycles. The van der Waals surface area contributed by atoms with Crippen LogP contribution in [0.4, 0.5) is 0 Å². The van der Waals surface area contributed by atoms with Crippen LogP contribution in [0.1, 0.15) is 45.4 Å². The van der Waals surface area contributed by atoms with Gasteiger partial charge in [0.05, 0.1) is 6.61 Å². The summed E-state index contributed by atoms with van der Waals surface area (Å²) in [5.41, 5.74) is 0. The lowest BCUT2D eigenvalue weighted by molar-refractivity contribution is -0.301. The van der Waals surface area contributed by atoms with Gasteiger partial charge in [0.2, 0.25) is 0 Å². The van der Waals surface area contributed by atoms with Crippen LogP contribution < -0.4 is 0 Å². The third-order valence-electron chi connectivity index (χ3n) is 3.63. The van der Waals surface area contributed by atoms with Crippen molar-refractivity contribution in [1.82, 2.24) is 0 Å². The van der Waals surface area contributed by atoms with Gasteiger partial charge in [0, 0.05) is 6.61 Å². The number of unbranched alkanes of at least 4 members (excludes halogenated alkanes) is 5. The maximum Gasteiger partial charge on any atom is 0.186 e. The molecule has 4 N–H and O–H groups in total. The normalized spacial score (nSPS) is 34.4. The van der Waals surface area contributed by atoms with Crippen LogP contribution in [0.5, 0.6) is 0 Å². The Morgan fingerprint density at radius 1 is 0.900 bits per heavy atom. The molecule has 0 aromatic heterocycles. The summed E-state index contributed by atoms with van der Waals surface area (Å²) >= 11 is 0. The van der Waals surface area contributed by atoms with Gasteiger partial charge < -0.3 is 29.9 Å². The maximum absolute atomic E-state index is 9.75. The molecule has 0 saturated carbocycles. The Balaban J connectivity index is 2.21. The Hall–Kier alpha value is -0.240. The third kappa shape index (κ3) is 5.27. The predicted molar refractivity (Wildman–Crippen MR) is 73.1 cm³/mol. The van der Waals surface area contributed by atoms with Crippen LogP contribution in [0, 0.1) is 0 Å². The SMILES string of the molecule is CCCCCCCCO[C@H]1OC(CO)[C@@H](O)C(O)C1O. The summed E-state index contributed by atoms with van der Waals surface area (Å²) in [6.07, 6.45) is 0.851. The fraction of sp³-hybridized carbons (Fsp3) is 1.00. The monoisotopic (exact) mass is 292 g/mol. The fourth-order valence-corrected chi connectivity index (χ4v) is 2.29. The summed E-state index contributed by atoms with van der Waals surface area (Å²) in [4.78, 5) is 0. The highest BCUT2D eigenvalue weighted by atomic mass is 16.7. The van der Waals surface area contributed by atoms with Crippen molar-refractivity contribution >= 4 is 0 Å². The van der Waals surface area contributed by atoms with Crippen LogP contribution >= 0.6 is 0 Å². The number of rotatable bonds is 9. The molecular formula is C14H28O6. The second-order valence-corrected chi connectivity index (χ2v) is 5.34. The quantitative estimate of drug-likeness (QED) is 0.452. The molecule has 1 fully saturated rings. The number of aliphatic hydroxyl groups excluding tert-OH is 4. The lowest BCUT2D eigenvalue weighted by Crippen LogP contribution is -2.59. The molecule has 6 heteroatoms. The van der Waals surface area contributed by atoms with Gasteiger partial charge in [0.1, 0.15) is 24.4 Å². The number of hydrogen-bond acceptors (Lipinski definition) is 6. The first-order valence-corrected chi connectivity index (χ1v) is 7.54. The molecule has 0 radical (unpaired) electrons.